The summed E-state index contributed by atoms with van der Waals surface area (Å²) in [5.74, 6) is 0. The van der Waals surface area contributed by atoms with E-state index in [0.29, 0.717) is 6.29 Å². The zero-order chi connectivity index (χ0) is 8.91. The second kappa shape index (κ2) is 5.41. The molecule has 0 aromatic carbocycles. The van der Waals surface area contributed by atoms with E-state index in [1.165, 1.54) is 12.2 Å². The van der Waals surface area contributed by atoms with Crippen molar-refractivity contribution in [3.63, 3.8) is 0 Å². The fourth-order valence-corrected chi connectivity index (χ4v) is 0.192. The van der Waals surface area contributed by atoms with Crippen molar-refractivity contribution in [3.8, 4) is 0 Å². The van der Waals surface area contributed by atoms with E-state index < -0.39 is 13.2 Å². The van der Waals surface area contributed by atoms with Gasteiger partial charge in [-0.05, 0) is 12.5 Å². The molecular weight excluding hydrogens is 88.1 g/mol. The van der Waals surface area contributed by atoms with Gasteiger partial charge in [-0.15, -0.1) is 0 Å². The topological polar surface area (TPSA) is 17.1 Å². The minimum absolute atomic E-state index is 0.0661. The Balaban J connectivity index is 3.91. The summed E-state index contributed by atoms with van der Waals surface area (Å²) < 4.78 is 27.7. The van der Waals surface area contributed by atoms with Gasteiger partial charge in [0.15, 0.2) is 0 Å². The van der Waals surface area contributed by atoms with E-state index in [-0.39, 0.29) is 6.42 Å². The van der Waals surface area contributed by atoms with Crippen LogP contribution in [0.15, 0.2) is 12.2 Å². The average Bonchev–Trinajstić information content (AvgIpc) is 1.88. The molecule has 0 saturated carbocycles. The number of carbonyl (C=O) groups excluding carboxylic acids is 1. The standard InChI is InChI=1S/C6H10O/c1-2-3-4-5-6-7/h4-6H,2-3H2,1H3/b5-4+/i1D2,2D2. The average molecular weight is 102 g/mol. The van der Waals surface area contributed by atoms with Crippen molar-refractivity contribution in [1.82, 2.24) is 0 Å². The van der Waals surface area contributed by atoms with Gasteiger partial charge in [0.25, 0.3) is 0 Å². The van der Waals surface area contributed by atoms with Crippen molar-refractivity contribution in [1.29, 1.82) is 0 Å². The normalized spacial score (nSPS) is 20.7. The number of carbonyl (C=O) groups is 1. The first-order chi connectivity index (χ1) is 5.00. The third-order valence-corrected chi connectivity index (χ3v) is 0.450. The van der Waals surface area contributed by atoms with Gasteiger partial charge in [-0.2, -0.15) is 0 Å². The molecule has 0 aromatic rings. The lowest BCUT2D eigenvalue weighted by atomic mass is 10.3. The second-order valence-electron chi connectivity index (χ2n) is 0.972. The molecule has 0 fully saturated rings. The first-order valence-corrected chi connectivity index (χ1v) is 1.95. The number of rotatable bonds is 3. The van der Waals surface area contributed by atoms with Crippen molar-refractivity contribution < 1.29 is 10.3 Å². The van der Waals surface area contributed by atoms with E-state index in [1.807, 2.05) is 0 Å². The van der Waals surface area contributed by atoms with Gasteiger partial charge in [0.05, 0.1) is 0 Å². The summed E-state index contributed by atoms with van der Waals surface area (Å²) in [6.45, 7) is -1.51. The molecule has 0 spiro atoms. The van der Waals surface area contributed by atoms with Gasteiger partial charge in [0, 0.05) is 5.48 Å². The number of allylic oxidation sites excluding steroid dienone is 2. The summed E-state index contributed by atoms with van der Waals surface area (Å²) in [5, 5.41) is 0. The van der Waals surface area contributed by atoms with E-state index in [2.05, 4.69) is 0 Å². The van der Waals surface area contributed by atoms with Crippen LogP contribution in [0.2, 0.25) is 0 Å². The molecule has 0 aliphatic heterocycles. The largest absolute Gasteiger partial charge is 0.299 e. The molecule has 0 atom stereocenters. The van der Waals surface area contributed by atoms with Crippen molar-refractivity contribution in [2.45, 2.75) is 19.7 Å². The van der Waals surface area contributed by atoms with Crippen molar-refractivity contribution >= 4 is 6.29 Å². The van der Waals surface area contributed by atoms with Crippen LogP contribution in [0.5, 0.6) is 0 Å². The monoisotopic (exact) mass is 102 g/mol. The van der Waals surface area contributed by atoms with Gasteiger partial charge in [0.2, 0.25) is 0 Å². The summed E-state index contributed by atoms with van der Waals surface area (Å²) in [7, 11) is 0. The molecule has 0 bridgehead atoms. The van der Waals surface area contributed by atoms with E-state index in [9.17, 15) is 4.79 Å². The molecule has 0 N–H and O–H groups in total. The van der Waals surface area contributed by atoms with Crippen LogP contribution < -0.4 is 0 Å². The molecule has 0 heterocycles. The van der Waals surface area contributed by atoms with E-state index in [0.717, 1.165) is 0 Å². The van der Waals surface area contributed by atoms with Gasteiger partial charge >= 0.3 is 0 Å². The maximum absolute atomic E-state index is 9.76. The van der Waals surface area contributed by atoms with Crippen LogP contribution in [-0.2, 0) is 4.79 Å². The molecule has 0 rings (SSSR count). The summed E-state index contributed by atoms with van der Waals surface area (Å²) >= 11 is 0. The summed E-state index contributed by atoms with van der Waals surface area (Å²) in [6, 6.07) is 0. The third kappa shape index (κ3) is 5.41. The fourth-order valence-electron chi connectivity index (χ4n) is 0.192. The highest BCUT2D eigenvalue weighted by Crippen LogP contribution is 1.85. The smallest absolute Gasteiger partial charge is 0.142 e. The van der Waals surface area contributed by atoms with Crippen molar-refractivity contribution in [2.75, 3.05) is 0 Å². The van der Waals surface area contributed by atoms with Crippen LogP contribution in [0.4, 0.5) is 0 Å². The molecule has 0 amide bonds. The van der Waals surface area contributed by atoms with Crippen LogP contribution in [0, 0.1) is 0 Å². The Bertz CT molecular complexity index is 153. The summed E-state index contributed by atoms with van der Waals surface area (Å²) in [5.41, 5.74) is 0. The Morgan fingerprint density at radius 2 is 2.86 bits per heavy atom. The maximum atomic E-state index is 9.76. The van der Waals surface area contributed by atoms with Gasteiger partial charge in [-0.25, -0.2) is 0 Å². The molecule has 0 unspecified atom stereocenters. The Labute approximate surface area is 49.7 Å². The first-order valence-electron chi connectivity index (χ1n) is 4.11. The quantitative estimate of drug-likeness (QED) is 0.390. The molecule has 0 aliphatic rings. The number of aldehydes is 1. The second-order valence-corrected chi connectivity index (χ2v) is 0.972. The highest BCUT2D eigenvalue weighted by Gasteiger charge is 1.67. The molecule has 0 saturated heterocycles. The SMILES string of the molecule is [2H]C([2H])C([2H])([2H])C/C=C/C=O. The Morgan fingerprint density at radius 3 is 3.43 bits per heavy atom. The summed E-state index contributed by atoms with van der Waals surface area (Å²) in [4.78, 5) is 9.76. The van der Waals surface area contributed by atoms with Crippen LogP contribution in [0.1, 0.15) is 25.2 Å². The number of hydrogen-bond acceptors (Lipinski definition) is 1. The van der Waals surface area contributed by atoms with Gasteiger partial charge in [-0.3, -0.25) is 4.79 Å². The van der Waals surface area contributed by atoms with Crippen LogP contribution in [0.3, 0.4) is 0 Å². The molecule has 1 nitrogen and oxygen atoms in total. The number of hydrogen-bond donors (Lipinski definition) is 0. The lowest BCUT2D eigenvalue weighted by Crippen LogP contribution is -1.61. The zero-order valence-corrected chi connectivity index (χ0v) is 3.92. The fraction of sp³-hybridized carbons (Fsp3) is 0.500. The molecule has 7 heavy (non-hydrogen) atoms. The van der Waals surface area contributed by atoms with Crippen LogP contribution in [0.25, 0.3) is 0 Å². The third-order valence-electron chi connectivity index (χ3n) is 0.450. The lowest BCUT2D eigenvalue weighted by molar-refractivity contribution is -0.104. The molecule has 0 radical (unpaired) electrons. The zero-order valence-electron chi connectivity index (χ0n) is 7.92. The molecule has 0 aromatic heterocycles. The first kappa shape index (κ1) is 2.12. The summed E-state index contributed by atoms with van der Waals surface area (Å²) in [6.07, 6.45) is 1.10. The van der Waals surface area contributed by atoms with Crippen LogP contribution >= 0.6 is 0 Å². The van der Waals surface area contributed by atoms with Gasteiger partial charge in [0.1, 0.15) is 6.29 Å². The van der Waals surface area contributed by atoms with E-state index in [1.54, 1.807) is 0 Å². The minimum atomic E-state index is -1.86. The predicted molar refractivity (Wildman–Crippen MR) is 30.1 cm³/mol. The highest BCUT2D eigenvalue weighted by molar-refractivity contribution is 5.64. The van der Waals surface area contributed by atoms with Gasteiger partial charge in [-0.1, -0.05) is 19.3 Å². The van der Waals surface area contributed by atoms with Crippen molar-refractivity contribution in [3.05, 3.63) is 12.2 Å². The van der Waals surface area contributed by atoms with E-state index in [4.69, 9.17) is 5.48 Å². The Hall–Kier alpha value is -0.590. The molecule has 40 valence electrons. The molecule has 0 aliphatic carbocycles. The predicted octanol–water partition coefficient (Wildman–Crippen LogP) is 1.54. The highest BCUT2D eigenvalue weighted by atomic mass is 16.1. The van der Waals surface area contributed by atoms with Gasteiger partial charge < -0.3 is 0 Å². The van der Waals surface area contributed by atoms with Crippen molar-refractivity contribution in [2.24, 2.45) is 0 Å². The Kier molecular flexibility index (Phi) is 1.64. The van der Waals surface area contributed by atoms with E-state index >= 15 is 0 Å². The molecular formula is C6H10O. The Morgan fingerprint density at radius 1 is 2.00 bits per heavy atom. The maximum Gasteiger partial charge on any atom is 0.142 e. The van der Waals surface area contributed by atoms with Crippen LogP contribution in [-0.4, -0.2) is 6.29 Å². The molecule has 1 heteroatoms. The lowest BCUT2D eigenvalue weighted by Gasteiger charge is -1.76. The minimum Gasteiger partial charge on any atom is -0.299 e.